The number of nitrogens with zero attached hydrogens (tertiary/aromatic N) is 1. The molecule has 4 aromatic carbocycles. The molecule has 0 aliphatic rings. The van der Waals surface area contributed by atoms with Gasteiger partial charge in [0.05, 0.1) is 23.9 Å². The lowest BCUT2D eigenvalue weighted by molar-refractivity contribution is -0.122. The Kier molecular flexibility index (Phi) is 11.8. The van der Waals surface area contributed by atoms with Gasteiger partial charge in [0.2, 0.25) is 11.8 Å². The fourth-order valence-electron chi connectivity index (χ4n) is 5.46. The van der Waals surface area contributed by atoms with E-state index in [1.807, 2.05) is 36.4 Å². The molecule has 244 valence electrons. The third kappa shape index (κ3) is 8.21. The van der Waals surface area contributed by atoms with Crippen molar-refractivity contribution in [1.82, 2.24) is 10.6 Å². The summed E-state index contributed by atoms with van der Waals surface area (Å²) in [5, 5.41) is 7.91. The average molecular weight is 689 g/mol. The number of rotatable bonds is 11. The Balaban J connectivity index is 1.50. The summed E-state index contributed by atoms with van der Waals surface area (Å²) in [4.78, 5) is 38.7. The van der Waals surface area contributed by atoms with Crippen molar-refractivity contribution in [3.63, 3.8) is 0 Å². The molecule has 0 fully saturated rings. The van der Waals surface area contributed by atoms with Crippen molar-refractivity contribution in [3.05, 3.63) is 130 Å². The number of anilines is 1. The van der Waals surface area contributed by atoms with Gasteiger partial charge in [0.25, 0.3) is 14.2 Å². The van der Waals surface area contributed by atoms with Crippen LogP contribution in [0.4, 0.5) is 5.69 Å². The zero-order chi connectivity index (χ0) is 34.2. The lowest BCUT2D eigenvalue weighted by atomic mass is 10.1. The Morgan fingerprint density at radius 2 is 1.43 bits per heavy atom. The summed E-state index contributed by atoms with van der Waals surface area (Å²) < 4.78 is 7.06. The molecule has 4 aromatic rings. The number of hydrogen-bond acceptors (Lipinski definition) is 4. The predicted molar refractivity (Wildman–Crippen MR) is 194 cm³/mol. The maximum Gasteiger partial charge on any atom is 0.261 e. The minimum Gasteiger partial charge on any atom is -0.403 e. The number of amides is 3. The molecule has 3 amide bonds. The highest BCUT2D eigenvalue weighted by atomic mass is 35.5. The molecule has 4 rings (SSSR count). The Morgan fingerprint density at radius 3 is 1.96 bits per heavy atom. The monoisotopic (exact) mass is 687 g/mol. The highest BCUT2D eigenvalue weighted by Crippen LogP contribution is 2.40. The van der Waals surface area contributed by atoms with Crippen molar-refractivity contribution in [2.45, 2.75) is 32.4 Å². The molecular formula is C37H39Cl2N3O4Si. The molecule has 0 bridgehead atoms. The standard InChI is InChI=1S/C37H39Cl2N3O4Si/c1-37(2,3)47(28-12-8-6-9-13-28,29-14-10-7-11-15-29)46-25-30-31(38)21-22-32(35(30)39)42(5)34(44)24-41-33(43)23-18-26-16-19-27(20-17-26)36(45)40-4/h6-23H,24-25H2,1-5H3,(H,40,45)(H,41,43)/b23-18+. The van der Waals surface area contributed by atoms with Crippen LogP contribution in [0.15, 0.2) is 103 Å². The normalized spacial score (nSPS) is 11.7. The molecule has 0 aromatic heterocycles. The second-order valence-corrected chi connectivity index (χ2v) is 17.1. The second kappa shape index (κ2) is 15.6. The van der Waals surface area contributed by atoms with Gasteiger partial charge < -0.3 is 20.0 Å². The average Bonchev–Trinajstić information content (AvgIpc) is 3.07. The van der Waals surface area contributed by atoms with E-state index < -0.39 is 14.2 Å². The number of benzene rings is 4. The van der Waals surface area contributed by atoms with E-state index in [-0.39, 0.29) is 30.0 Å². The lowest BCUT2D eigenvalue weighted by Gasteiger charge is -2.43. The Labute approximate surface area is 287 Å². The number of nitrogens with one attached hydrogen (secondary N) is 2. The molecule has 7 nitrogen and oxygen atoms in total. The molecule has 0 spiro atoms. The van der Waals surface area contributed by atoms with Crippen molar-refractivity contribution in [1.29, 1.82) is 0 Å². The summed E-state index contributed by atoms with van der Waals surface area (Å²) in [7, 11) is 0.277. The van der Waals surface area contributed by atoms with E-state index >= 15 is 0 Å². The maximum absolute atomic E-state index is 13.2. The summed E-state index contributed by atoms with van der Waals surface area (Å²) in [6.45, 7) is 6.46. The smallest absolute Gasteiger partial charge is 0.261 e. The van der Waals surface area contributed by atoms with Gasteiger partial charge in [-0.2, -0.15) is 0 Å². The Bertz CT molecular complexity index is 1700. The van der Waals surface area contributed by atoms with Gasteiger partial charge in [-0.25, -0.2) is 0 Å². The molecule has 0 aliphatic carbocycles. The summed E-state index contributed by atoms with van der Waals surface area (Å²) >= 11 is 13.6. The van der Waals surface area contributed by atoms with Gasteiger partial charge in [-0.1, -0.05) is 117 Å². The van der Waals surface area contributed by atoms with Gasteiger partial charge in [-0.3, -0.25) is 14.4 Å². The molecule has 47 heavy (non-hydrogen) atoms. The van der Waals surface area contributed by atoms with E-state index in [9.17, 15) is 14.4 Å². The summed E-state index contributed by atoms with van der Waals surface area (Å²) in [6.07, 6.45) is 2.93. The minimum absolute atomic E-state index is 0.131. The molecule has 0 radical (unpaired) electrons. The molecule has 0 aliphatic heterocycles. The SMILES string of the molecule is CNC(=O)c1ccc(/C=C/C(=O)NCC(=O)N(C)c2ccc(Cl)c(CO[Si](c3ccccc3)(c3ccccc3)C(C)(C)C)c2Cl)cc1. The van der Waals surface area contributed by atoms with Crippen molar-refractivity contribution in [3.8, 4) is 0 Å². The topological polar surface area (TPSA) is 87.7 Å². The van der Waals surface area contributed by atoms with Crippen LogP contribution in [0.1, 0.15) is 42.3 Å². The van der Waals surface area contributed by atoms with Gasteiger partial charge in [0.1, 0.15) is 0 Å². The van der Waals surface area contributed by atoms with Crippen molar-refractivity contribution in [2.75, 3.05) is 25.5 Å². The van der Waals surface area contributed by atoms with E-state index in [4.69, 9.17) is 27.6 Å². The highest BCUT2D eigenvalue weighted by molar-refractivity contribution is 6.99. The van der Waals surface area contributed by atoms with E-state index in [1.165, 1.54) is 11.0 Å². The molecule has 0 heterocycles. The third-order valence-electron chi connectivity index (χ3n) is 7.99. The molecule has 0 saturated heterocycles. The first kappa shape index (κ1) is 35.6. The molecule has 0 saturated carbocycles. The zero-order valence-electron chi connectivity index (χ0n) is 27.1. The van der Waals surface area contributed by atoms with Crippen LogP contribution in [0.25, 0.3) is 6.08 Å². The predicted octanol–water partition coefficient (Wildman–Crippen LogP) is 6.22. The van der Waals surface area contributed by atoms with Crippen LogP contribution < -0.4 is 25.9 Å². The first-order valence-electron chi connectivity index (χ1n) is 15.2. The van der Waals surface area contributed by atoms with Crippen LogP contribution in [0.3, 0.4) is 0 Å². The molecule has 0 unspecified atom stereocenters. The fourth-order valence-corrected chi connectivity index (χ4v) is 10.6. The summed E-state index contributed by atoms with van der Waals surface area (Å²) in [6, 6.07) is 30.7. The van der Waals surface area contributed by atoms with E-state index in [2.05, 4.69) is 55.7 Å². The minimum atomic E-state index is -2.88. The van der Waals surface area contributed by atoms with Crippen LogP contribution in [-0.4, -0.2) is 46.7 Å². The van der Waals surface area contributed by atoms with Crippen LogP contribution in [0.5, 0.6) is 0 Å². The van der Waals surface area contributed by atoms with E-state index in [1.54, 1.807) is 56.6 Å². The van der Waals surface area contributed by atoms with Crippen molar-refractivity contribution < 1.29 is 18.8 Å². The maximum atomic E-state index is 13.2. The van der Waals surface area contributed by atoms with Crippen LogP contribution >= 0.6 is 23.2 Å². The number of carbonyl (C=O) groups is 3. The summed E-state index contributed by atoms with van der Waals surface area (Å²) in [5.74, 6) is -1.01. The first-order valence-corrected chi connectivity index (χ1v) is 17.8. The van der Waals surface area contributed by atoms with Crippen molar-refractivity contribution >= 4 is 71.4 Å². The number of likely N-dealkylation sites (N-methyl/N-ethyl adjacent to an activating group) is 1. The molecule has 0 atom stereocenters. The third-order valence-corrected chi connectivity index (χ3v) is 13.8. The van der Waals surface area contributed by atoms with Gasteiger partial charge in [0.15, 0.2) is 0 Å². The highest BCUT2D eigenvalue weighted by Gasteiger charge is 2.50. The Morgan fingerprint density at radius 1 is 0.851 bits per heavy atom. The van der Waals surface area contributed by atoms with Gasteiger partial charge in [0, 0.05) is 36.3 Å². The first-order chi connectivity index (χ1) is 22.4. The molecular weight excluding hydrogens is 649 g/mol. The van der Waals surface area contributed by atoms with E-state index in [0.29, 0.717) is 26.9 Å². The second-order valence-electron chi connectivity index (χ2n) is 12.0. The van der Waals surface area contributed by atoms with Crippen LogP contribution in [0, 0.1) is 0 Å². The quantitative estimate of drug-likeness (QED) is 0.145. The largest absolute Gasteiger partial charge is 0.403 e. The van der Waals surface area contributed by atoms with E-state index in [0.717, 1.165) is 15.9 Å². The zero-order valence-corrected chi connectivity index (χ0v) is 29.7. The van der Waals surface area contributed by atoms with Crippen LogP contribution in [-0.2, 0) is 20.6 Å². The molecule has 2 N–H and O–H groups in total. The van der Waals surface area contributed by atoms with Crippen molar-refractivity contribution in [2.24, 2.45) is 0 Å². The molecule has 10 heteroatoms. The number of carbonyl (C=O) groups excluding carboxylic acids is 3. The fraction of sp³-hybridized carbons (Fsp3) is 0.216. The van der Waals surface area contributed by atoms with Gasteiger partial charge in [-0.15, -0.1) is 0 Å². The number of halogens is 2. The number of hydrogen-bond donors (Lipinski definition) is 2. The summed E-state index contributed by atoms with van der Waals surface area (Å²) in [5.41, 5.74) is 2.27. The van der Waals surface area contributed by atoms with Gasteiger partial charge in [-0.05, 0) is 51.3 Å². The van der Waals surface area contributed by atoms with Gasteiger partial charge >= 0.3 is 0 Å². The Hall–Kier alpha value is -4.21. The van der Waals surface area contributed by atoms with Crippen LogP contribution in [0.2, 0.25) is 15.1 Å². The lowest BCUT2D eigenvalue weighted by Crippen LogP contribution is -2.66.